The number of hydrogen-bond donors (Lipinski definition) is 0. The van der Waals surface area contributed by atoms with Gasteiger partial charge in [-0.25, -0.2) is 0 Å². The minimum Gasteiger partial charge on any atom is -0.300 e. The quantitative estimate of drug-likeness (QED) is 0.731. The molecule has 0 saturated heterocycles. The first kappa shape index (κ1) is 19.0. The van der Waals surface area contributed by atoms with Crippen molar-refractivity contribution in [2.24, 2.45) is 11.8 Å². The summed E-state index contributed by atoms with van der Waals surface area (Å²) in [4.78, 5) is 11.4. The van der Waals surface area contributed by atoms with Gasteiger partial charge in [-0.05, 0) is 56.3 Å². The van der Waals surface area contributed by atoms with E-state index in [1.807, 2.05) is 0 Å². The summed E-state index contributed by atoms with van der Waals surface area (Å²) in [7, 11) is 0. The van der Waals surface area contributed by atoms with E-state index in [2.05, 4.69) is 32.0 Å². The summed E-state index contributed by atoms with van der Waals surface area (Å²) >= 11 is 0. The fourth-order valence-corrected chi connectivity index (χ4v) is 4.48. The maximum atomic E-state index is 11.4. The van der Waals surface area contributed by atoms with E-state index in [9.17, 15) is 4.79 Å². The van der Waals surface area contributed by atoms with Gasteiger partial charge in [0.1, 0.15) is 5.78 Å². The van der Waals surface area contributed by atoms with Crippen molar-refractivity contribution in [3.8, 4) is 0 Å². The summed E-state index contributed by atoms with van der Waals surface area (Å²) in [6, 6.07) is 7.69. The summed E-state index contributed by atoms with van der Waals surface area (Å²) in [5.41, 5.74) is 4.31. The number of hydrogen-bond acceptors (Lipinski definition) is 1. The second-order valence-corrected chi connectivity index (χ2v) is 7.17. The van der Waals surface area contributed by atoms with Crippen LogP contribution in [0.2, 0.25) is 0 Å². The molecule has 0 amide bonds. The number of ketones is 1. The zero-order valence-corrected chi connectivity index (χ0v) is 19.4. The summed E-state index contributed by atoms with van der Waals surface area (Å²) in [5, 5.41) is 0. The van der Waals surface area contributed by atoms with Crippen LogP contribution in [0, 0.1) is 31.7 Å². The molecule has 22 heavy (non-hydrogen) atoms. The van der Waals surface area contributed by atoms with Crippen LogP contribution < -0.4 is 58.2 Å². The molecule has 2 heteroatoms. The number of carbonyl (C=O) groups is 1. The maximum Gasteiger partial charge on any atom is 1.00 e. The van der Waals surface area contributed by atoms with E-state index < -0.39 is 0 Å². The van der Waals surface area contributed by atoms with Gasteiger partial charge in [0.2, 0.25) is 0 Å². The van der Waals surface area contributed by atoms with Gasteiger partial charge in [0.05, 0.1) is 0 Å². The monoisotopic (exact) mass is 368 g/mol. The Balaban J connectivity index is 0.00000176. The van der Waals surface area contributed by atoms with Crippen molar-refractivity contribution in [2.45, 2.75) is 71.1 Å². The summed E-state index contributed by atoms with van der Waals surface area (Å²) in [6.45, 7) is 4.42. The third-order valence-electron chi connectivity index (χ3n) is 6.02. The molecule has 2 aliphatic carbocycles. The van der Waals surface area contributed by atoms with Crippen LogP contribution in [-0.4, -0.2) is 5.78 Å². The van der Waals surface area contributed by atoms with E-state index in [1.54, 1.807) is 5.56 Å². The Kier molecular flexibility index (Phi) is 7.52. The Labute approximate surface area is 184 Å². The van der Waals surface area contributed by atoms with Crippen LogP contribution in [0.3, 0.4) is 0 Å². The Bertz CT molecular complexity index is 504. The third-order valence-corrected chi connectivity index (χ3v) is 6.02. The standard InChI is InChI=1S/C20H27O.Rb/c1-14-4-3-5-20(15(14)2)18-8-6-16(7-9-18)17-10-12-19(21)13-11-17;/h3,5,16-18H,6-13H2,1-2H3;/q-1;+1. The van der Waals surface area contributed by atoms with E-state index in [4.69, 9.17) is 0 Å². The van der Waals surface area contributed by atoms with Crippen LogP contribution in [0.4, 0.5) is 0 Å². The molecule has 0 heterocycles. The van der Waals surface area contributed by atoms with E-state index in [0.717, 1.165) is 43.4 Å². The number of carbonyl (C=O) groups excluding carboxylic acids is 1. The molecule has 2 fully saturated rings. The Morgan fingerprint density at radius 2 is 1.55 bits per heavy atom. The average molecular weight is 369 g/mol. The van der Waals surface area contributed by atoms with Crippen LogP contribution in [0.1, 0.15) is 74.0 Å². The second kappa shape index (κ2) is 8.69. The molecule has 1 nitrogen and oxygen atoms in total. The van der Waals surface area contributed by atoms with Gasteiger partial charge in [0.15, 0.2) is 0 Å². The van der Waals surface area contributed by atoms with E-state index >= 15 is 0 Å². The molecule has 0 unspecified atom stereocenters. The van der Waals surface area contributed by atoms with Crippen LogP contribution >= 0.6 is 0 Å². The molecule has 0 aliphatic heterocycles. The fourth-order valence-electron chi connectivity index (χ4n) is 4.48. The molecular formula is C20H27ORb. The van der Waals surface area contributed by atoms with Gasteiger partial charge in [-0.2, -0.15) is 34.9 Å². The first-order valence-electron chi connectivity index (χ1n) is 8.64. The van der Waals surface area contributed by atoms with Crippen molar-refractivity contribution < 1.29 is 63.0 Å². The van der Waals surface area contributed by atoms with Crippen molar-refractivity contribution in [3.63, 3.8) is 0 Å². The summed E-state index contributed by atoms with van der Waals surface area (Å²) in [5.74, 6) is 2.95. The molecule has 0 N–H and O–H groups in total. The van der Waals surface area contributed by atoms with E-state index in [1.165, 1.54) is 36.8 Å². The number of Topliss-reactive ketones (excluding diaryl/α,β-unsaturated/α-hetero) is 1. The van der Waals surface area contributed by atoms with E-state index in [-0.39, 0.29) is 58.2 Å². The third kappa shape index (κ3) is 4.40. The maximum absolute atomic E-state index is 11.4. The van der Waals surface area contributed by atoms with Gasteiger partial charge in [-0.3, -0.25) is 4.79 Å². The topological polar surface area (TPSA) is 17.1 Å². The smallest absolute Gasteiger partial charge is 0.300 e. The molecule has 0 atom stereocenters. The fraction of sp³-hybridized carbons (Fsp3) is 0.650. The van der Waals surface area contributed by atoms with Crippen molar-refractivity contribution in [2.75, 3.05) is 0 Å². The Morgan fingerprint density at radius 1 is 0.955 bits per heavy atom. The molecule has 1 aromatic rings. The first-order valence-corrected chi connectivity index (χ1v) is 8.64. The van der Waals surface area contributed by atoms with Gasteiger partial charge < -0.3 is 0 Å². The van der Waals surface area contributed by atoms with Crippen molar-refractivity contribution in [3.05, 3.63) is 34.9 Å². The van der Waals surface area contributed by atoms with Crippen molar-refractivity contribution in [1.82, 2.24) is 0 Å². The zero-order valence-electron chi connectivity index (χ0n) is 14.5. The van der Waals surface area contributed by atoms with Crippen LogP contribution in [-0.2, 0) is 4.79 Å². The molecule has 0 aromatic heterocycles. The second-order valence-electron chi connectivity index (χ2n) is 7.17. The minimum absolute atomic E-state index is 0. The molecule has 0 radical (unpaired) electrons. The SMILES string of the molecule is Cc1[c-]ccc(C2CCC(C3CCC(=O)CC3)CC2)c1C.[Rb+]. The molecule has 2 saturated carbocycles. The largest absolute Gasteiger partial charge is 1.00 e. The molecule has 3 rings (SSSR count). The zero-order chi connectivity index (χ0) is 14.8. The van der Waals surface area contributed by atoms with Gasteiger partial charge in [0.25, 0.3) is 0 Å². The van der Waals surface area contributed by atoms with Gasteiger partial charge in [-0.1, -0.05) is 13.8 Å². The first-order chi connectivity index (χ1) is 10.1. The minimum atomic E-state index is 0. The molecule has 0 bridgehead atoms. The molecule has 0 spiro atoms. The van der Waals surface area contributed by atoms with Gasteiger partial charge >= 0.3 is 58.2 Å². The van der Waals surface area contributed by atoms with Crippen LogP contribution in [0.15, 0.2) is 12.1 Å². The average Bonchev–Trinajstić information content (AvgIpc) is 2.51. The van der Waals surface area contributed by atoms with Gasteiger partial charge in [0, 0.05) is 12.8 Å². The van der Waals surface area contributed by atoms with Crippen LogP contribution in [0.25, 0.3) is 0 Å². The molecule has 114 valence electrons. The summed E-state index contributed by atoms with van der Waals surface area (Å²) < 4.78 is 0. The number of benzene rings is 1. The van der Waals surface area contributed by atoms with Crippen LogP contribution in [0.5, 0.6) is 0 Å². The molecular weight excluding hydrogens is 342 g/mol. The predicted octanol–water partition coefficient (Wildman–Crippen LogP) is 2.14. The normalized spacial score (nSPS) is 26.5. The Hall–Kier alpha value is 0.695. The molecule has 2 aliphatic rings. The van der Waals surface area contributed by atoms with Gasteiger partial charge in [-0.15, -0.1) is 0 Å². The number of aryl methyl sites for hydroxylation is 1. The number of rotatable bonds is 2. The predicted molar refractivity (Wildman–Crippen MR) is 86.4 cm³/mol. The Morgan fingerprint density at radius 3 is 2.18 bits per heavy atom. The molecule has 1 aromatic carbocycles. The van der Waals surface area contributed by atoms with E-state index in [0.29, 0.717) is 5.78 Å². The van der Waals surface area contributed by atoms with Crippen molar-refractivity contribution >= 4 is 5.78 Å². The summed E-state index contributed by atoms with van der Waals surface area (Å²) in [6.07, 6.45) is 9.40. The van der Waals surface area contributed by atoms with Crippen molar-refractivity contribution in [1.29, 1.82) is 0 Å².